The standard InChI is InChI=1S/C14H17N3O/c1-2-4-11(5-3-1)13-15-14(18-16-13)10-17-8-6-12(14)7-9-17/h1-5,12H,6-10H2,(H,15,16). The fourth-order valence-electron chi connectivity index (χ4n) is 3.32. The topological polar surface area (TPSA) is 36.9 Å². The number of fused-ring (bicyclic) bond motifs is 2. The number of hydroxylamine groups is 1. The zero-order valence-corrected chi connectivity index (χ0v) is 10.3. The van der Waals surface area contributed by atoms with Gasteiger partial charge in [0.2, 0.25) is 5.72 Å². The summed E-state index contributed by atoms with van der Waals surface area (Å²) in [5.74, 6) is 1.44. The first-order valence-corrected chi connectivity index (χ1v) is 6.67. The molecule has 1 N–H and O–H groups in total. The molecule has 1 spiro atoms. The van der Waals surface area contributed by atoms with Crippen molar-refractivity contribution in [3.63, 3.8) is 0 Å². The van der Waals surface area contributed by atoms with E-state index in [0.29, 0.717) is 5.92 Å². The molecule has 2 bridgehead atoms. The average molecular weight is 243 g/mol. The third kappa shape index (κ3) is 1.49. The predicted molar refractivity (Wildman–Crippen MR) is 69.1 cm³/mol. The molecule has 0 saturated carbocycles. The van der Waals surface area contributed by atoms with Gasteiger partial charge >= 0.3 is 0 Å². The number of nitrogens with one attached hydrogen (secondary N) is 1. The Morgan fingerprint density at radius 2 is 2.00 bits per heavy atom. The van der Waals surface area contributed by atoms with Crippen molar-refractivity contribution in [1.29, 1.82) is 0 Å². The van der Waals surface area contributed by atoms with Crippen molar-refractivity contribution in [3.05, 3.63) is 35.9 Å². The van der Waals surface area contributed by atoms with Crippen molar-refractivity contribution >= 4 is 5.84 Å². The monoisotopic (exact) mass is 243 g/mol. The van der Waals surface area contributed by atoms with Crippen LogP contribution < -0.4 is 5.48 Å². The van der Waals surface area contributed by atoms with E-state index in [0.717, 1.165) is 17.9 Å². The van der Waals surface area contributed by atoms with Gasteiger partial charge in [0.25, 0.3) is 0 Å². The molecule has 1 atom stereocenters. The third-order valence-electron chi connectivity index (χ3n) is 4.35. The van der Waals surface area contributed by atoms with Crippen LogP contribution in [0.1, 0.15) is 18.4 Å². The Labute approximate surface area is 107 Å². The second-order valence-corrected chi connectivity index (χ2v) is 5.43. The van der Waals surface area contributed by atoms with Crippen LogP contribution in [-0.2, 0) is 4.84 Å². The van der Waals surface area contributed by atoms with Crippen molar-refractivity contribution < 1.29 is 4.84 Å². The molecule has 1 aromatic rings. The molecule has 94 valence electrons. The van der Waals surface area contributed by atoms with Gasteiger partial charge in [-0.1, -0.05) is 30.3 Å². The number of rotatable bonds is 1. The molecule has 4 heteroatoms. The highest BCUT2D eigenvalue weighted by atomic mass is 16.7. The highest BCUT2D eigenvalue weighted by Gasteiger charge is 2.51. The van der Waals surface area contributed by atoms with Crippen molar-refractivity contribution in [2.75, 3.05) is 19.6 Å². The molecule has 5 rings (SSSR count). The Balaban J connectivity index is 1.67. The van der Waals surface area contributed by atoms with Crippen LogP contribution in [0.15, 0.2) is 35.3 Å². The molecule has 4 aliphatic rings. The first-order chi connectivity index (χ1) is 8.86. The van der Waals surface area contributed by atoms with Crippen LogP contribution in [0.3, 0.4) is 0 Å². The molecule has 4 heterocycles. The van der Waals surface area contributed by atoms with Gasteiger partial charge in [-0.3, -0.25) is 4.90 Å². The molecule has 4 nitrogen and oxygen atoms in total. The number of amidine groups is 1. The van der Waals surface area contributed by atoms with Gasteiger partial charge in [0.1, 0.15) is 0 Å². The molecular weight excluding hydrogens is 226 g/mol. The van der Waals surface area contributed by atoms with Crippen molar-refractivity contribution in [2.24, 2.45) is 10.9 Å². The summed E-state index contributed by atoms with van der Waals surface area (Å²) in [6, 6.07) is 10.2. The molecule has 18 heavy (non-hydrogen) atoms. The largest absolute Gasteiger partial charge is 0.298 e. The lowest BCUT2D eigenvalue weighted by Crippen LogP contribution is -2.58. The van der Waals surface area contributed by atoms with Gasteiger partial charge in [-0.05, 0) is 25.9 Å². The Morgan fingerprint density at radius 1 is 1.22 bits per heavy atom. The summed E-state index contributed by atoms with van der Waals surface area (Å²) in [7, 11) is 0. The van der Waals surface area contributed by atoms with E-state index >= 15 is 0 Å². The summed E-state index contributed by atoms with van der Waals surface area (Å²) in [5, 5.41) is 0. The minimum atomic E-state index is -0.332. The predicted octanol–water partition coefficient (Wildman–Crippen LogP) is 1.39. The Hall–Kier alpha value is -1.39. The molecule has 1 unspecified atom stereocenters. The van der Waals surface area contributed by atoms with E-state index in [-0.39, 0.29) is 5.72 Å². The van der Waals surface area contributed by atoms with Gasteiger partial charge in [0.15, 0.2) is 5.84 Å². The highest BCUT2D eigenvalue weighted by molar-refractivity contribution is 5.99. The fraction of sp³-hybridized carbons (Fsp3) is 0.500. The quantitative estimate of drug-likeness (QED) is 0.810. The van der Waals surface area contributed by atoms with Crippen molar-refractivity contribution in [2.45, 2.75) is 18.6 Å². The smallest absolute Gasteiger partial charge is 0.202 e. The van der Waals surface area contributed by atoms with Crippen molar-refractivity contribution in [3.8, 4) is 0 Å². The van der Waals surface area contributed by atoms with Gasteiger partial charge in [-0.15, -0.1) is 0 Å². The van der Waals surface area contributed by atoms with E-state index in [9.17, 15) is 0 Å². The Morgan fingerprint density at radius 3 is 2.67 bits per heavy atom. The summed E-state index contributed by atoms with van der Waals surface area (Å²) in [4.78, 5) is 13.2. The Bertz CT molecular complexity index is 479. The molecule has 4 aliphatic heterocycles. The van der Waals surface area contributed by atoms with Crippen LogP contribution in [0.4, 0.5) is 0 Å². The fourth-order valence-corrected chi connectivity index (χ4v) is 3.32. The molecule has 3 fully saturated rings. The molecule has 0 amide bonds. The van der Waals surface area contributed by atoms with Crippen LogP contribution >= 0.6 is 0 Å². The number of piperidine rings is 3. The normalized spacial score (nSPS) is 37.7. The molecule has 0 aliphatic carbocycles. The zero-order chi connectivity index (χ0) is 12.0. The van der Waals surface area contributed by atoms with Gasteiger partial charge in [-0.25, -0.2) is 15.3 Å². The maximum atomic E-state index is 5.89. The van der Waals surface area contributed by atoms with Gasteiger partial charge in [-0.2, -0.15) is 0 Å². The Kier molecular flexibility index (Phi) is 2.22. The summed E-state index contributed by atoms with van der Waals surface area (Å²) in [5.41, 5.74) is 3.81. The minimum absolute atomic E-state index is 0.332. The van der Waals surface area contributed by atoms with Gasteiger partial charge in [0.05, 0.1) is 6.54 Å². The summed E-state index contributed by atoms with van der Waals surface area (Å²) in [6.07, 6.45) is 2.40. The maximum Gasteiger partial charge on any atom is 0.202 e. The van der Waals surface area contributed by atoms with E-state index in [1.807, 2.05) is 18.2 Å². The first kappa shape index (κ1) is 10.5. The summed E-state index contributed by atoms with van der Waals surface area (Å²) in [6.45, 7) is 3.33. The van der Waals surface area contributed by atoms with Crippen LogP contribution in [0, 0.1) is 5.92 Å². The third-order valence-corrected chi connectivity index (χ3v) is 4.35. The number of nitrogens with zero attached hydrogens (tertiary/aromatic N) is 2. The van der Waals surface area contributed by atoms with Gasteiger partial charge < -0.3 is 0 Å². The SMILES string of the molecule is c1ccc(C2=NC3(CN4CCC3CC4)ON2)cc1. The minimum Gasteiger partial charge on any atom is -0.298 e. The average Bonchev–Trinajstić information content (AvgIpc) is 2.85. The second kappa shape index (κ2) is 3.80. The number of aliphatic imine (C=N–C) groups is 1. The lowest BCUT2D eigenvalue weighted by atomic mass is 9.81. The zero-order valence-electron chi connectivity index (χ0n) is 10.3. The van der Waals surface area contributed by atoms with Gasteiger partial charge in [0, 0.05) is 11.5 Å². The molecule has 0 radical (unpaired) electrons. The van der Waals surface area contributed by atoms with Crippen molar-refractivity contribution in [1.82, 2.24) is 10.4 Å². The summed E-state index contributed by atoms with van der Waals surface area (Å²) < 4.78 is 0. The summed E-state index contributed by atoms with van der Waals surface area (Å²) >= 11 is 0. The lowest BCUT2D eigenvalue weighted by Gasteiger charge is -2.47. The maximum absolute atomic E-state index is 5.89. The number of hydrogen-bond acceptors (Lipinski definition) is 4. The van der Waals surface area contributed by atoms with Crippen LogP contribution in [0.2, 0.25) is 0 Å². The van der Waals surface area contributed by atoms with Crippen LogP contribution in [0.25, 0.3) is 0 Å². The first-order valence-electron chi connectivity index (χ1n) is 6.67. The van der Waals surface area contributed by atoms with E-state index in [4.69, 9.17) is 9.83 Å². The second-order valence-electron chi connectivity index (χ2n) is 5.43. The molecular formula is C14H17N3O. The highest BCUT2D eigenvalue weighted by Crippen LogP contribution is 2.40. The number of hydrogen-bond donors (Lipinski definition) is 1. The van der Waals surface area contributed by atoms with E-state index < -0.39 is 0 Å². The van der Waals surface area contributed by atoms with E-state index in [1.54, 1.807) is 0 Å². The van der Waals surface area contributed by atoms with E-state index in [2.05, 4.69) is 22.5 Å². The number of benzene rings is 1. The van der Waals surface area contributed by atoms with E-state index in [1.165, 1.54) is 25.9 Å². The lowest BCUT2D eigenvalue weighted by molar-refractivity contribution is -0.155. The molecule has 3 saturated heterocycles. The molecule has 1 aromatic carbocycles. The molecule has 0 aromatic heterocycles. The van der Waals surface area contributed by atoms with Crippen LogP contribution in [0.5, 0.6) is 0 Å². The van der Waals surface area contributed by atoms with Crippen LogP contribution in [-0.4, -0.2) is 36.1 Å².